The minimum Gasteiger partial charge on any atom is -0.497 e. The molecule has 0 heterocycles. The molecular formula is C28H33N3O5S. The summed E-state index contributed by atoms with van der Waals surface area (Å²) in [4.78, 5) is 28.1. The summed E-state index contributed by atoms with van der Waals surface area (Å²) in [6.07, 6.45) is 0.754. The first kappa shape index (κ1) is 27.7. The zero-order valence-electron chi connectivity index (χ0n) is 21.3. The molecule has 8 nitrogen and oxygen atoms in total. The van der Waals surface area contributed by atoms with Gasteiger partial charge in [-0.1, -0.05) is 61.5 Å². The second kappa shape index (κ2) is 12.9. The molecule has 0 saturated heterocycles. The summed E-state index contributed by atoms with van der Waals surface area (Å²) in [6, 6.07) is 22.9. The quantitative estimate of drug-likeness (QED) is 0.389. The number of hydrogen-bond acceptors (Lipinski definition) is 5. The number of benzene rings is 3. The van der Waals surface area contributed by atoms with Crippen molar-refractivity contribution in [2.24, 2.45) is 0 Å². The molecule has 0 radical (unpaired) electrons. The van der Waals surface area contributed by atoms with E-state index in [1.807, 2.05) is 37.3 Å². The highest BCUT2D eigenvalue weighted by Crippen LogP contribution is 2.27. The van der Waals surface area contributed by atoms with E-state index >= 15 is 0 Å². The Morgan fingerprint density at radius 3 is 2.22 bits per heavy atom. The van der Waals surface area contributed by atoms with Crippen LogP contribution in [-0.4, -0.2) is 51.4 Å². The van der Waals surface area contributed by atoms with E-state index in [1.165, 1.54) is 24.1 Å². The second-order valence-corrected chi connectivity index (χ2v) is 10.4. The van der Waals surface area contributed by atoms with Gasteiger partial charge in [0.15, 0.2) is 0 Å². The van der Waals surface area contributed by atoms with Crippen LogP contribution in [0.15, 0.2) is 89.8 Å². The lowest BCUT2D eigenvalue weighted by Crippen LogP contribution is -2.51. The molecule has 37 heavy (non-hydrogen) atoms. The molecular weight excluding hydrogens is 490 g/mol. The van der Waals surface area contributed by atoms with E-state index in [0.717, 1.165) is 16.3 Å². The largest absolute Gasteiger partial charge is 0.497 e. The van der Waals surface area contributed by atoms with Gasteiger partial charge in [-0.2, -0.15) is 0 Å². The van der Waals surface area contributed by atoms with Gasteiger partial charge >= 0.3 is 0 Å². The number of nitrogens with one attached hydrogen (secondary N) is 1. The molecule has 1 N–H and O–H groups in total. The Morgan fingerprint density at radius 2 is 1.59 bits per heavy atom. The summed E-state index contributed by atoms with van der Waals surface area (Å²) >= 11 is 0. The van der Waals surface area contributed by atoms with E-state index in [-0.39, 0.29) is 23.0 Å². The van der Waals surface area contributed by atoms with Crippen LogP contribution in [0.3, 0.4) is 0 Å². The Kier molecular flexibility index (Phi) is 9.68. The van der Waals surface area contributed by atoms with Crippen LogP contribution in [0, 0.1) is 0 Å². The van der Waals surface area contributed by atoms with Gasteiger partial charge in [-0.05, 0) is 43.2 Å². The fourth-order valence-electron chi connectivity index (χ4n) is 3.77. The van der Waals surface area contributed by atoms with Gasteiger partial charge in [0.05, 0.1) is 17.7 Å². The summed E-state index contributed by atoms with van der Waals surface area (Å²) in [6.45, 7) is 3.72. The molecule has 3 rings (SSSR count). The maximum Gasteiger partial charge on any atom is 0.264 e. The fraction of sp³-hybridized carbons (Fsp3) is 0.286. The summed E-state index contributed by atoms with van der Waals surface area (Å²) in [5.41, 5.74) is 1.10. The van der Waals surface area contributed by atoms with E-state index in [9.17, 15) is 18.0 Å². The third-order valence-corrected chi connectivity index (χ3v) is 7.65. The first-order chi connectivity index (χ1) is 17.8. The Hall–Kier alpha value is -3.85. The smallest absolute Gasteiger partial charge is 0.264 e. The Balaban J connectivity index is 2.01. The lowest BCUT2D eigenvalue weighted by Gasteiger charge is -2.32. The average molecular weight is 524 g/mol. The Bertz CT molecular complexity index is 1280. The third kappa shape index (κ3) is 7.10. The predicted molar refractivity (Wildman–Crippen MR) is 144 cm³/mol. The van der Waals surface area contributed by atoms with E-state index in [0.29, 0.717) is 12.3 Å². The molecule has 2 amide bonds. The van der Waals surface area contributed by atoms with Crippen LogP contribution in [-0.2, 0) is 26.2 Å². The summed E-state index contributed by atoms with van der Waals surface area (Å²) in [5.74, 6) is -0.359. The molecule has 0 aliphatic carbocycles. The molecule has 0 aliphatic heterocycles. The highest BCUT2D eigenvalue weighted by atomic mass is 32.2. The molecule has 0 aromatic heterocycles. The number of hydrogen-bond donors (Lipinski definition) is 1. The van der Waals surface area contributed by atoms with Gasteiger partial charge < -0.3 is 15.0 Å². The molecule has 196 valence electrons. The van der Waals surface area contributed by atoms with Crippen LogP contribution >= 0.6 is 0 Å². The van der Waals surface area contributed by atoms with E-state index in [1.54, 1.807) is 49.4 Å². The molecule has 0 aliphatic rings. The van der Waals surface area contributed by atoms with Gasteiger partial charge in [0.1, 0.15) is 18.3 Å². The summed E-state index contributed by atoms with van der Waals surface area (Å²) in [5, 5.41) is 2.83. The van der Waals surface area contributed by atoms with Crippen LogP contribution < -0.4 is 14.4 Å². The molecule has 1 atom stereocenters. The number of sulfonamides is 1. The molecule has 3 aromatic rings. The summed E-state index contributed by atoms with van der Waals surface area (Å²) in [7, 11) is -2.63. The summed E-state index contributed by atoms with van der Waals surface area (Å²) < 4.78 is 33.8. The van der Waals surface area contributed by atoms with Gasteiger partial charge in [-0.25, -0.2) is 8.42 Å². The average Bonchev–Trinajstić information content (AvgIpc) is 2.93. The number of ether oxygens (including phenoxy) is 1. The lowest BCUT2D eigenvalue weighted by molar-refractivity contribution is -0.139. The Labute approximate surface area is 218 Å². The van der Waals surface area contributed by atoms with Gasteiger partial charge in [-0.3, -0.25) is 13.9 Å². The van der Waals surface area contributed by atoms with Gasteiger partial charge in [-0.15, -0.1) is 0 Å². The number of anilines is 1. The van der Waals surface area contributed by atoms with Crippen LogP contribution in [0.2, 0.25) is 0 Å². The molecule has 0 bridgehead atoms. The van der Waals surface area contributed by atoms with Crippen molar-refractivity contribution in [1.82, 2.24) is 10.2 Å². The molecule has 3 aromatic carbocycles. The van der Waals surface area contributed by atoms with E-state index < -0.39 is 28.5 Å². The van der Waals surface area contributed by atoms with Crippen LogP contribution in [0.1, 0.15) is 25.8 Å². The number of nitrogens with zero attached hydrogens (tertiary/aromatic N) is 2. The SMILES string of the molecule is CCCNC(=O)C(C)N(Cc1ccccc1)C(=O)CN(c1cccc(OC)c1)S(=O)(=O)c1ccccc1. The molecule has 1 unspecified atom stereocenters. The minimum absolute atomic E-state index is 0.0500. The van der Waals surface area contributed by atoms with Crippen LogP contribution in [0.5, 0.6) is 5.75 Å². The number of amides is 2. The number of rotatable bonds is 12. The normalized spacial score (nSPS) is 11.9. The monoisotopic (exact) mass is 523 g/mol. The van der Waals surface area contributed by atoms with E-state index in [4.69, 9.17) is 4.74 Å². The zero-order valence-corrected chi connectivity index (χ0v) is 22.1. The van der Waals surface area contributed by atoms with Crippen LogP contribution in [0.4, 0.5) is 5.69 Å². The Morgan fingerprint density at radius 1 is 0.946 bits per heavy atom. The van der Waals surface area contributed by atoms with E-state index in [2.05, 4.69) is 5.32 Å². The van der Waals surface area contributed by atoms with Gasteiger partial charge in [0.25, 0.3) is 10.0 Å². The number of carbonyl (C=O) groups is 2. The van der Waals surface area contributed by atoms with Crippen molar-refractivity contribution in [3.05, 3.63) is 90.5 Å². The second-order valence-electron chi connectivity index (χ2n) is 8.50. The van der Waals surface area contributed by atoms with Crippen molar-refractivity contribution in [3.8, 4) is 5.75 Å². The minimum atomic E-state index is -4.11. The number of carbonyl (C=O) groups excluding carboxylic acids is 2. The first-order valence-corrected chi connectivity index (χ1v) is 13.5. The lowest BCUT2D eigenvalue weighted by atomic mass is 10.1. The maximum absolute atomic E-state index is 13.8. The van der Waals surface area contributed by atoms with Crippen molar-refractivity contribution in [2.45, 2.75) is 37.8 Å². The first-order valence-electron chi connectivity index (χ1n) is 12.1. The van der Waals surface area contributed by atoms with Gasteiger partial charge in [0, 0.05) is 19.2 Å². The zero-order chi connectivity index (χ0) is 26.8. The molecule has 0 spiro atoms. The highest BCUT2D eigenvalue weighted by Gasteiger charge is 2.32. The fourth-order valence-corrected chi connectivity index (χ4v) is 5.20. The predicted octanol–water partition coefficient (Wildman–Crippen LogP) is 3.83. The molecule has 0 saturated carbocycles. The van der Waals surface area contributed by atoms with Crippen LogP contribution in [0.25, 0.3) is 0 Å². The van der Waals surface area contributed by atoms with Gasteiger partial charge in [0.2, 0.25) is 11.8 Å². The van der Waals surface area contributed by atoms with Crippen molar-refractivity contribution in [1.29, 1.82) is 0 Å². The molecule has 9 heteroatoms. The molecule has 0 fully saturated rings. The van der Waals surface area contributed by atoms with Crippen molar-refractivity contribution >= 4 is 27.5 Å². The van der Waals surface area contributed by atoms with Crippen molar-refractivity contribution in [2.75, 3.05) is 24.5 Å². The van der Waals surface area contributed by atoms with Crippen molar-refractivity contribution < 1.29 is 22.7 Å². The van der Waals surface area contributed by atoms with Crippen molar-refractivity contribution in [3.63, 3.8) is 0 Å². The maximum atomic E-state index is 13.8. The topological polar surface area (TPSA) is 96.0 Å². The third-order valence-electron chi connectivity index (χ3n) is 5.86. The number of methoxy groups -OCH3 is 1. The highest BCUT2D eigenvalue weighted by molar-refractivity contribution is 7.92. The standard InChI is InChI=1S/C28H33N3O5S/c1-4-18-29-28(33)22(2)30(20-23-12-7-5-8-13-23)27(32)21-31(24-14-11-15-25(19-24)36-3)37(34,35)26-16-9-6-10-17-26/h5-17,19,22H,4,18,20-21H2,1-3H3,(H,29,33).